The maximum absolute atomic E-state index is 12.7. The van der Waals surface area contributed by atoms with Gasteiger partial charge >= 0.3 is 0 Å². The molecule has 0 aromatic rings. The van der Waals surface area contributed by atoms with Crippen LogP contribution in [0.4, 0.5) is 4.39 Å². The van der Waals surface area contributed by atoms with Crippen molar-refractivity contribution in [2.45, 2.75) is 66.5 Å². The van der Waals surface area contributed by atoms with Crippen LogP contribution in [0.2, 0.25) is 0 Å². The SMILES string of the molecule is CC(C)CCC(C)(C)F.CCC. The highest BCUT2D eigenvalue weighted by atomic mass is 19.1. The Morgan fingerprint density at radius 1 is 1.17 bits per heavy atom. The van der Waals surface area contributed by atoms with Gasteiger partial charge in [-0.15, -0.1) is 0 Å². The van der Waals surface area contributed by atoms with Crippen molar-refractivity contribution in [3.05, 3.63) is 0 Å². The fourth-order valence-electron chi connectivity index (χ4n) is 0.632. The van der Waals surface area contributed by atoms with Crippen LogP contribution in [0.25, 0.3) is 0 Å². The molecule has 0 unspecified atom stereocenters. The van der Waals surface area contributed by atoms with E-state index in [9.17, 15) is 4.39 Å². The molecule has 0 aliphatic rings. The largest absolute Gasteiger partial charge is 0.245 e. The van der Waals surface area contributed by atoms with Gasteiger partial charge in [0.1, 0.15) is 5.67 Å². The van der Waals surface area contributed by atoms with Crippen molar-refractivity contribution in [3.63, 3.8) is 0 Å². The van der Waals surface area contributed by atoms with Crippen LogP contribution in [0.5, 0.6) is 0 Å². The molecule has 0 heterocycles. The molecule has 0 aliphatic carbocycles. The molecule has 0 saturated heterocycles. The lowest BCUT2D eigenvalue weighted by Gasteiger charge is -2.14. The van der Waals surface area contributed by atoms with Crippen molar-refractivity contribution in [2.24, 2.45) is 5.92 Å². The van der Waals surface area contributed by atoms with Crippen LogP contribution in [0.15, 0.2) is 0 Å². The summed E-state index contributed by atoms with van der Waals surface area (Å²) in [5.74, 6) is 0.625. The highest BCUT2D eigenvalue weighted by Crippen LogP contribution is 2.18. The standard InChI is InChI=1S/C8H17F.C3H8/c1-7(2)5-6-8(3,4)9;1-3-2/h7H,5-6H2,1-4H3;3H2,1-2H3. The van der Waals surface area contributed by atoms with E-state index < -0.39 is 5.67 Å². The fourth-order valence-corrected chi connectivity index (χ4v) is 0.632. The van der Waals surface area contributed by atoms with Crippen molar-refractivity contribution in [1.29, 1.82) is 0 Å². The normalized spacial score (nSPS) is 11.0. The number of hydrogen-bond acceptors (Lipinski definition) is 0. The van der Waals surface area contributed by atoms with E-state index in [0.717, 1.165) is 6.42 Å². The number of alkyl halides is 1. The predicted octanol–water partition coefficient (Wildman–Crippen LogP) is 4.59. The van der Waals surface area contributed by atoms with E-state index in [4.69, 9.17) is 0 Å². The minimum Gasteiger partial charge on any atom is -0.245 e. The van der Waals surface area contributed by atoms with Gasteiger partial charge in [-0.3, -0.25) is 0 Å². The summed E-state index contributed by atoms with van der Waals surface area (Å²) >= 11 is 0. The van der Waals surface area contributed by atoms with Crippen molar-refractivity contribution >= 4 is 0 Å². The maximum atomic E-state index is 12.7. The van der Waals surface area contributed by atoms with Crippen LogP contribution in [0.3, 0.4) is 0 Å². The Balaban J connectivity index is 0. The molecule has 0 N–H and O–H groups in total. The molecule has 0 aromatic carbocycles. The van der Waals surface area contributed by atoms with Crippen LogP contribution in [-0.2, 0) is 0 Å². The molecule has 0 aliphatic heterocycles. The quantitative estimate of drug-likeness (QED) is 0.590. The van der Waals surface area contributed by atoms with Crippen LogP contribution in [-0.4, -0.2) is 5.67 Å². The monoisotopic (exact) mass is 176 g/mol. The average Bonchev–Trinajstić information content (AvgIpc) is 1.84. The molecule has 76 valence electrons. The summed E-state index contributed by atoms with van der Waals surface area (Å²) in [6.07, 6.45) is 2.92. The van der Waals surface area contributed by atoms with Gasteiger partial charge in [0.2, 0.25) is 0 Å². The highest BCUT2D eigenvalue weighted by Gasteiger charge is 2.14. The van der Waals surface area contributed by atoms with Gasteiger partial charge in [-0.05, 0) is 32.6 Å². The molecule has 12 heavy (non-hydrogen) atoms. The molecule has 0 spiro atoms. The Kier molecular flexibility index (Phi) is 9.12. The number of halogens is 1. The van der Waals surface area contributed by atoms with E-state index in [1.807, 2.05) is 0 Å². The Morgan fingerprint density at radius 3 is 1.58 bits per heavy atom. The highest BCUT2D eigenvalue weighted by molar-refractivity contribution is 4.65. The van der Waals surface area contributed by atoms with Gasteiger partial charge in [0, 0.05) is 0 Å². The van der Waals surface area contributed by atoms with Crippen LogP contribution >= 0.6 is 0 Å². The van der Waals surface area contributed by atoms with Crippen LogP contribution < -0.4 is 0 Å². The second-order valence-corrected chi connectivity index (χ2v) is 4.36. The summed E-state index contributed by atoms with van der Waals surface area (Å²) in [6, 6.07) is 0. The number of hydrogen-bond donors (Lipinski definition) is 0. The Bertz CT molecular complexity index is 79.5. The summed E-state index contributed by atoms with van der Waals surface area (Å²) in [4.78, 5) is 0. The van der Waals surface area contributed by atoms with Crippen LogP contribution in [0, 0.1) is 5.92 Å². The van der Waals surface area contributed by atoms with Crippen molar-refractivity contribution in [2.75, 3.05) is 0 Å². The summed E-state index contributed by atoms with van der Waals surface area (Å²) < 4.78 is 12.7. The number of rotatable bonds is 3. The molecule has 0 saturated carbocycles. The lowest BCUT2D eigenvalue weighted by atomic mass is 9.99. The predicted molar refractivity (Wildman–Crippen MR) is 55.2 cm³/mol. The lowest BCUT2D eigenvalue weighted by Crippen LogP contribution is -2.12. The van der Waals surface area contributed by atoms with Crippen LogP contribution in [0.1, 0.15) is 60.8 Å². The van der Waals surface area contributed by atoms with E-state index in [1.54, 1.807) is 13.8 Å². The van der Waals surface area contributed by atoms with Gasteiger partial charge in [0.25, 0.3) is 0 Å². The van der Waals surface area contributed by atoms with Gasteiger partial charge in [-0.2, -0.15) is 0 Å². The summed E-state index contributed by atoms with van der Waals surface area (Å²) in [5.41, 5.74) is -0.968. The van der Waals surface area contributed by atoms with Gasteiger partial charge in [0.05, 0.1) is 0 Å². The fraction of sp³-hybridized carbons (Fsp3) is 1.00. The molecule has 0 fully saturated rings. The Morgan fingerprint density at radius 2 is 1.50 bits per heavy atom. The van der Waals surface area contributed by atoms with E-state index in [-0.39, 0.29) is 0 Å². The third-order valence-electron chi connectivity index (χ3n) is 1.32. The molecule has 0 radical (unpaired) electrons. The average molecular weight is 176 g/mol. The second kappa shape index (κ2) is 7.57. The molecule has 0 aromatic heterocycles. The summed E-state index contributed by atoms with van der Waals surface area (Å²) in [7, 11) is 0. The molecule has 0 amide bonds. The third-order valence-corrected chi connectivity index (χ3v) is 1.32. The zero-order valence-electron chi connectivity index (χ0n) is 9.58. The first kappa shape index (κ1) is 14.5. The van der Waals surface area contributed by atoms with Gasteiger partial charge in [0.15, 0.2) is 0 Å². The zero-order valence-corrected chi connectivity index (χ0v) is 9.58. The van der Waals surface area contributed by atoms with E-state index >= 15 is 0 Å². The van der Waals surface area contributed by atoms with Crippen molar-refractivity contribution < 1.29 is 4.39 Å². The summed E-state index contributed by atoms with van der Waals surface area (Å²) in [5, 5.41) is 0. The minimum absolute atomic E-state index is 0.625. The maximum Gasteiger partial charge on any atom is 0.105 e. The van der Waals surface area contributed by atoms with Gasteiger partial charge in [-0.1, -0.05) is 34.1 Å². The zero-order chi connectivity index (χ0) is 10.2. The first-order valence-corrected chi connectivity index (χ1v) is 5.02. The Labute approximate surface area is 77.6 Å². The van der Waals surface area contributed by atoms with Crippen molar-refractivity contribution in [3.8, 4) is 0 Å². The minimum atomic E-state index is -0.968. The third kappa shape index (κ3) is 22.5. The molecule has 1 heteroatoms. The molecule has 0 rings (SSSR count). The molecule has 0 atom stereocenters. The van der Waals surface area contributed by atoms with E-state index in [0.29, 0.717) is 12.3 Å². The first-order valence-electron chi connectivity index (χ1n) is 5.02. The smallest absolute Gasteiger partial charge is 0.105 e. The molecule has 0 nitrogen and oxygen atoms in total. The Hall–Kier alpha value is -0.0700. The van der Waals surface area contributed by atoms with Gasteiger partial charge < -0.3 is 0 Å². The first-order chi connectivity index (χ1) is 5.33. The van der Waals surface area contributed by atoms with Gasteiger partial charge in [-0.25, -0.2) is 4.39 Å². The summed E-state index contributed by atoms with van der Waals surface area (Å²) in [6.45, 7) is 11.8. The van der Waals surface area contributed by atoms with Crippen molar-refractivity contribution in [1.82, 2.24) is 0 Å². The second-order valence-electron chi connectivity index (χ2n) is 4.36. The molecular formula is C11H25F. The topological polar surface area (TPSA) is 0 Å². The van der Waals surface area contributed by atoms with E-state index in [2.05, 4.69) is 27.7 Å². The molecule has 0 bridgehead atoms. The lowest BCUT2D eigenvalue weighted by molar-refractivity contribution is 0.189. The van der Waals surface area contributed by atoms with E-state index in [1.165, 1.54) is 6.42 Å². The molecular weight excluding hydrogens is 151 g/mol.